The molecule has 2 aliphatic heterocycles. The van der Waals surface area contributed by atoms with E-state index in [1.54, 1.807) is 28.4 Å². The van der Waals surface area contributed by atoms with Crippen LogP contribution in [0.5, 0.6) is 23.0 Å². The third-order valence-electron chi connectivity index (χ3n) is 5.82. The van der Waals surface area contributed by atoms with Crippen molar-refractivity contribution in [2.45, 2.75) is 19.8 Å². The predicted octanol–water partition coefficient (Wildman–Crippen LogP) is 3.64. The summed E-state index contributed by atoms with van der Waals surface area (Å²) >= 11 is 0. The molecule has 2 heterocycles. The molecular formula is C24H28N2O4. The summed E-state index contributed by atoms with van der Waals surface area (Å²) in [6.45, 7) is 3.74. The van der Waals surface area contributed by atoms with Gasteiger partial charge in [0.1, 0.15) is 0 Å². The van der Waals surface area contributed by atoms with Crippen LogP contribution in [0.15, 0.2) is 34.8 Å². The highest BCUT2D eigenvalue weighted by Crippen LogP contribution is 2.38. The van der Waals surface area contributed by atoms with Crippen molar-refractivity contribution in [1.29, 1.82) is 0 Å². The SMILES string of the molecule is COc1cc2c(cc1OC)C(/C(C)=C1\NCCc3cc(OC)c(OC)cc31)=NCC2. The summed E-state index contributed by atoms with van der Waals surface area (Å²) in [5, 5.41) is 3.59. The van der Waals surface area contributed by atoms with Crippen molar-refractivity contribution < 1.29 is 18.9 Å². The molecule has 6 nitrogen and oxygen atoms in total. The quantitative estimate of drug-likeness (QED) is 0.818. The van der Waals surface area contributed by atoms with Crippen LogP contribution in [0.3, 0.4) is 0 Å². The van der Waals surface area contributed by atoms with Gasteiger partial charge in [-0.1, -0.05) is 0 Å². The van der Waals surface area contributed by atoms with Gasteiger partial charge in [0, 0.05) is 29.9 Å². The van der Waals surface area contributed by atoms with Crippen LogP contribution in [0.2, 0.25) is 0 Å². The molecule has 0 spiro atoms. The molecule has 158 valence electrons. The number of ether oxygens (including phenoxy) is 4. The van der Waals surface area contributed by atoms with E-state index < -0.39 is 0 Å². The van der Waals surface area contributed by atoms with Gasteiger partial charge in [-0.15, -0.1) is 0 Å². The maximum Gasteiger partial charge on any atom is 0.161 e. The number of fused-ring (bicyclic) bond motifs is 2. The molecule has 0 aliphatic carbocycles. The van der Waals surface area contributed by atoms with E-state index >= 15 is 0 Å². The van der Waals surface area contributed by atoms with Gasteiger partial charge in [0.05, 0.1) is 34.2 Å². The Labute approximate surface area is 177 Å². The Hall–Kier alpha value is -3.15. The molecule has 0 aromatic heterocycles. The minimum absolute atomic E-state index is 0.715. The van der Waals surface area contributed by atoms with Gasteiger partial charge in [0.15, 0.2) is 23.0 Å². The Morgan fingerprint density at radius 2 is 1.30 bits per heavy atom. The molecule has 0 unspecified atom stereocenters. The number of hydrogen-bond donors (Lipinski definition) is 1. The summed E-state index contributed by atoms with van der Waals surface area (Å²) in [6.07, 6.45) is 1.82. The number of aliphatic imine (C=N–C) groups is 1. The van der Waals surface area contributed by atoms with Crippen LogP contribution in [-0.2, 0) is 12.8 Å². The van der Waals surface area contributed by atoms with Gasteiger partial charge >= 0.3 is 0 Å². The van der Waals surface area contributed by atoms with E-state index in [9.17, 15) is 0 Å². The van der Waals surface area contributed by atoms with Gasteiger partial charge in [0.2, 0.25) is 0 Å². The lowest BCUT2D eigenvalue weighted by Crippen LogP contribution is -2.26. The Bertz CT molecular complexity index is 1040. The number of nitrogens with one attached hydrogen (secondary N) is 1. The predicted molar refractivity (Wildman–Crippen MR) is 119 cm³/mol. The zero-order chi connectivity index (χ0) is 21.3. The lowest BCUT2D eigenvalue weighted by atomic mass is 9.88. The third kappa shape index (κ3) is 3.36. The fourth-order valence-corrected chi connectivity index (χ4v) is 4.27. The van der Waals surface area contributed by atoms with E-state index in [-0.39, 0.29) is 0 Å². The van der Waals surface area contributed by atoms with Crippen molar-refractivity contribution in [2.75, 3.05) is 41.5 Å². The highest BCUT2D eigenvalue weighted by atomic mass is 16.5. The highest BCUT2D eigenvalue weighted by molar-refractivity contribution is 6.17. The Balaban J connectivity index is 1.85. The van der Waals surface area contributed by atoms with E-state index in [2.05, 4.69) is 30.4 Å². The van der Waals surface area contributed by atoms with Crippen LogP contribution in [-0.4, -0.2) is 47.2 Å². The molecule has 0 fully saturated rings. The average molecular weight is 408 g/mol. The summed E-state index contributed by atoms with van der Waals surface area (Å²) in [5.41, 5.74) is 7.87. The van der Waals surface area contributed by atoms with Crippen molar-refractivity contribution in [3.8, 4) is 23.0 Å². The molecule has 0 amide bonds. The van der Waals surface area contributed by atoms with Crippen LogP contribution >= 0.6 is 0 Å². The Morgan fingerprint density at radius 1 is 0.767 bits per heavy atom. The van der Waals surface area contributed by atoms with Gasteiger partial charge in [-0.2, -0.15) is 0 Å². The molecule has 1 N–H and O–H groups in total. The van der Waals surface area contributed by atoms with E-state index in [1.165, 1.54) is 11.1 Å². The molecule has 6 heteroatoms. The van der Waals surface area contributed by atoms with Crippen molar-refractivity contribution in [3.05, 3.63) is 52.1 Å². The van der Waals surface area contributed by atoms with Crippen molar-refractivity contribution in [2.24, 2.45) is 4.99 Å². The second kappa shape index (κ2) is 8.30. The first-order valence-electron chi connectivity index (χ1n) is 10.1. The molecule has 0 atom stereocenters. The minimum Gasteiger partial charge on any atom is -0.493 e. The smallest absolute Gasteiger partial charge is 0.161 e. The van der Waals surface area contributed by atoms with E-state index in [4.69, 9.17) is 23.9 Å². The monoisotopic (exact) mass is 408 g/mol. The number of allylic oxidation sites excluding steroid dienone is 1. The molecule has 0 bridgehead atoms. The van der Waals surface area contributed by atoms with Gasteiger partial charge in [0.25, 0.3) is 0 Å². The summed E-state index contributed by atoms with van der Waals surface area (Å²) in [7, 11) is 6.66. The first-order valence-corrected chi connectivity index (χ1v) is 10.1. The maximum absolute atomic E-state index is 5.55. The topological polar surface area (TPSA) is 61.3 Å². The largest absolute Gasteiger partial charge is 0.493 e. The van der Waals surface area contributed by atoms with Crippen molar-refractivity contribution in [3.63, 3.8) is 0 Å². The molecule has 0 saturated carbocycles. The van der Waals surface area contributed by atoms with E-state index in [1.807, 2.05) is 6.07 Å². The number of benzene rings is 2. The van der Waals surface area contributed by atoms with E-state index in [0.717, 1.165) is 71.3 Å². The lowest BCUT2D eigenvalue weighted by Gasteiger charge is -2.27. The van der Waals surface area contributed by atoms with Crippen molar-refractivity contribution >= 4 is 11.4 Å². The number of rotatable bonds is 5. The van der Waals surface area contributed by atoms with Gasteiger partial charge in [-0.25, -0.2) is 0 Å². The summed E-state index contributed by atoms with van der Waals surface area (Å²) in [4.78, 5) is 4.89. The molecule has 4 rings (SSSR count). The van der Waals surface area contributed by atoms with Crippen LogP contribution in [0.25, 0.3) is 5.70 Å². The van der Waals surface area contributed by atoms with Gasteiger partial charge < -0.3 is 24.3 Å². The standard InChI is InChI=1S/C24H28N2O4/c1-14(23-17-12-21(29-4)19(27-2)10-15(17)6-8-25-23)24-18-13-22(30-5)20(28-3)11-16(18)7-9-26-24/h10-13,25H,6-9H2,1-5H3/b23-14-. The first kappa shape index (κ1) is 20.1. The highest BCUT2D eigenvalue weighted by Gasteiger charge is 2.25. The Kier molecular flexibility index (Phi) is 5.57. The normalized spacial score (nSPS) is 16.5. The molecular weight excluding hydrogens is 380 g/mol. The molecule has 2 aromatic carbocycles. The van der Waals surface area contributed by atoms with Gasteiger partial charge in [-0.05, 0) is 60.7 Å². The molecule has 30 heavy (non-hydrogen) atoms. The van der Waals surface area contributed by atoms with Gasteiger partial charge in [-0.3, -0.25) is 4.99 Å². The fourth-order valence-electron chi connectivity index (χ4n) is 4.27. The van der Waals surface area contributed by atoms with Crippen LogP contribution < -0.4 is 24.3 Å². The van der Waals surface area contributed by atoms with Crippen LogP contribution in [0.1, 0.15) is 29.2 Å². The average Bonchev–Trinajstić information content (AvgIpc) is 2.80. The lowest BCUT2D eigenvalue weighted by molar-refractivity contribution is 0.354. The maximum atomic E-state index is 5.55. The molecule has 0 radical (unpaired) electrons. The summed E-state index contributed by atoms with van der Waals surface area (Å²) < 4.78 is 22.1. The van der Waals surface area contributed by atoms with Crippen molar-refractivity contribution in [1.82, 2.24) is 5.32 Å². The zero-order valence-electron chi connectivity index (χ0n) is 18.2. The number of nitrogens with zero attached hydrogens (tertiary/aromatic N) is 1. The molecule has 2 aliphatic rings. The minimum atomic E-state index is 0.715. The second-order valence-electron chi connectivity index (χ2n) is 7.39. The summed E-state index contributed by atoms with van der Waals surface area (Å²) in [6, 6.07) is 8.23. The fraction of sp³-hybridized carbons (Fsp3) is 0.375. The first-order chi connectivity index (χ1) is 14.6. The zero-order valence-corrected chi connectivity index (χ0v) is 18.2. The Morgan fingerprint density at radius 3 is 1.90 bits per heavy atom. The van der Waals surface area contributed by atoms with Crippen LogP contribution in [0, 0.1) is 0 Å². The molecule has 2 aromatic rings. The second-order valence-corrected chi connectivity index (χ2v) is 7.39. The number of hydrogen-bond acceptors (Lipinski definition) is 6. The van der Waals surface area contributed by atoms with Crippen LogP contribution in [0.4, 0.5) is 0 Å². The summed E-state index contributed by atoms with van der Waals surface area (Å²) in [5.74, 6) is 2.95. The molecule has 0 saturated heterocycles. The van der Waals surface area contributed by atoms with E-state index in [0.29, 0.717) is 5.75 Å². The third-order valence-corrected chi connectivity index (χ3v) is 5.82. The number of methoxy groups -OCH3 is 4.